The number of hydrogen-bond donors (Lipinski definition) is 2. The molecule has 2 fully saturated rings. The lowest BCUT2D eigenvalue weighted by Crippen LogP contribution is -2.45. The fourth-order valence-corrected chi connectivity index (χ4v) is 2.78. The highest BCUT2D eigenvalue weighted by Gasteiger charge is 2.33. The Morgan fingerprint density at radius 3 is 2.73 bits per heavy atom. The van der Waals surface area contributed by atoms with Crippen LogP contribution in [0.25, 0.3) is 0 Å². The van der Waals surface area contributed by atoms with Gasteiger partial charge in [-0.25, -0.2) is 0 Å². The van der Waals surface area contributed by atoms with E-state index in [-0.39, 0.29) is 12.0 Å². The summed E-state index contributed by atoms with van der Waals surface area (Å²) in [4.78, 5) is 11.4. The Bertz CT molecular complexity index is 227. The summed E-state index contributed by atoms with van der Waals surface area (Å²) >= 11 is 0. The van der Waals surface area contributed by atoms with E-state index in [1.807, 2.05) is 0 Å². The standard InChI is InChI=1S/C11H20N2O2/c1-15-11(14)10-6-8(3-5-13-10)9-2-4-12-7-9/h8-10,12-13H,2-7H2,1H3. The maximum atomic E-state index is 11.4. The molecule has 4 nitrogen and oxygen atoms in total. The molecule has 2 aliphatic rings. The number of rotatable bonds is 2. The number of ether oxygens (including phenoxy) is 1. The van der Waals surface area contributed by atoms with E-state index >= 15 is 0 Å². The van der Waals surface area contributed by atoms with Gasteiger partial charge >= 0.3 is 5.97 Å². The topological polar surface area (TPSA) is 50.4 Å². The molecule has 0 amide bonds. The Morgan fingerprint density at radius 2 is 2.07 bits per heavy atom. The molecule has 2 N–H and O–H groups in total. The molecule has 2 rings (SSSR count). The normalized spacial score (nSPS) is 36.5. The van der Waals surface area contributed by atoms with Gasteiger partial charge in [0.05, 0.1) is 7.11 Å². The number of carbonyl (C=O) groups is 1. The number of methoxy groups -OCH3 is 1. The third-order valence-electron chi connectivity index (χ3n) is 3.70. The Hall–Kier alpha value is -0.610. The quantitative estimate of drug-likeness (QED) is 0.639. The van der Waals surface area contributed by atoms with Crippen LogP contribution in [0.15, 0.2) is 0 Å². The van der Waals surface area contributed by atoms with Crippen molar-refractivity contribution in [2.75, 3.05) is 26.7 Å². The molecule has 2 heterocycles. The van der Waals surface area contributed by atoms with Gasteiger partial charge < -0.3 is 15.4 Å². The van der Waals surface area contributed by atoms with Crippen LogP contribution in [-0.2, 0) is 9.53 Å². The summed E-state index contributed by atoms with van der Waals surface area (Å²) in [5.41, 5.74) is 0. The first-order valence-corrected chi connectivity index (χ1v) is 5.83. The predicted octanol–water partition coefficient (Wildman–Crippen LogP) is 0.137. The lowest BCUT2D eigenvalue weighted by atomic mass is 9.81. The second kappa shape index (κ2) is 4.94. The van der Waals surface area contributed by atoms with Crippen molar-refractivity contribution in [3.8, 4) is 0 Å². The monoisotopic (exact) mass is 212 g/mol. The van der Waals surface area contributed by atoms with Crippen LogP contribution in [0.4, 0.5) is 0 Å². The Balaban J connectivity index is 1.88. The van der Waals surface area contributed by atoms with E-state index < -0.39 is 0 Å². The van der Waals surface area contributed by atoms with Crippen molar-refractivity contribution in [2.24, 2.45) is 11.8 Å². The fraction of sp³-hybridized carbons (Fsp3) is 0.909. The molecule has 0 aliphatic carbocycles. The van der Waals surface area contributed by atoms with E-state index in [1.165, 1.54) is 20.0 Å². The minimum atomic E-state index is -0.106. The van der Waals surface area contributed by atoms with Gasteiger partial charge in [-0.1, -0.05) is 0 Å². The molecule has 0 spiro atoms. The van der Waals surface area contributed by atoms with Gasteiger partial charge in [0, 0.05) is 0 Å². The smallest absolute Gasteiger partial charge is 0.322 e. The van der Waals surface area contributed by atoms with Gasteiger partial charge in [-0.3, -0.25) is 4.79 Å². The molecule has 0 bridgehead atoms. The van der Waals surface area contributed by atoms with E-state index in [1.54, 1.807) is 0 Å². The highest BCUT2D eigenvalue weighted by atomic mass is 16.5. The largest absolute Gasteiger partial charge is 0.468 e. The molecule has 86 valence electrons. The molecule has 0 aromatic heterocycles. The summed E-state index contributed by atoms with van der Waals surface area (Å²) in [5.74, 6) is 1.34. The van der Waals surface area contributed by atoms with Crippen molar-refractivity contribution < 1.29 is 9.53 Å². The van der Waals surface area contributed by atoms with Gasteiger partial charge in [0.2, 0.25) is 0 Å². The van der Waals surface area contributed by atoms with Crippen LogP contribution in [0.1, 0.15) is 19.3 Å². The van der Waals surface area contributed by atoms with E-state index in [4.69, 9.17) is 4.74 Å². The molecule has 3 atom stereocenters. The van der Waals surface area contributed by atoms with Crippen LogP contribution in [0.5, 0.6) is 0 Å². The summed E-state index contributed by atoms with van der Waals surface area (Å²) in [5, 5.41) is 6.62. The van der Waals surface area contributed by atoms with E-state index in [0.717, 1.165) is 32.0 Å². The van der Waals surface area contributed by atoms with Gasteiger partial charge in [0.1, 0.15) is 6.04 Å². The highest BCUT2D eigenvalue weighted by Crippen LogP contribution is 2.28. The summed E-state index contributed by atoms with van der Waals surface area (Å²) in [7, 11) is 1.46. The van der Waals surface area contributed by atoms with Crippen LogP contribution in [0, 0.1) is 11.8 Å². The number of piperidine rings is 1. The first-order valence-electron chi connectivity index (χ1n) is 5.83. The fourth-order valence-electron chi connectivity index (χ4n) is 2.78. The van der Waals surface area contributed by atoms with Gasteiger partial charge in [0.15, 0.2) is 0 Å². The van der Waals surface area contributed by atoms with Crippen molar-refractivity contribution in [1.82, 2.24) is 10.6 Å². The number of nitrogens with one attached hydrogen (secondary N) is 2. The molecule has 0 saturated carbocycles. The minimum absolute atomic E-state index is 0.0747. The first-order chi connectivity index (χ1) is 7.31. The zero-order valence-electron chi connectivity index (χ0n) is 9.29. The predicted molar refractivity (Wildman–Crippen MR) is 57.5 cm³/mol. The summed E-state index contributed by atoms with van der Waals surface area (Å²) in [6.07, 6.45) is 3.40. The van der Waals surface area contributed by atoms with Gasteiger partial charge in [-0.15, -0.1) is 0 Å². The van der Waals surface area contributed by atoms with Crippen molar-refractivity contribution >= 4 is 5.97 Å². The number of hydrogen-bond acceptors (Lipinski definition) is 4. The van der Waals surface area contributed by atoms with E-state index in [9.17, 15) is 4.79 Å². The zero-order chi connectivity index (χ0) is 10.7. The van der Waals surface area contributed by atoms with Crippen LogP contribution >= 0.6 is 0 Å². The average molecular weight is 212 g/mol. The molecule has 2 aliphatic heterocycles. The van der Waals surface area contributed by atoms with Crippen LogP contribution in [-0.4, -0.2) is 38.8 Å². The molecule has 0 radical (unpaired) electrons. The van der Waals surface area contributed by atoms with Crippen LogP contribution in [0.3, 0.4) is 0 Å². The Morgan fingerprint density at radius 1 is 1.27 bits per heavy atom. The second-order valence-electron chi connectivity index (χ2n) is 4.57. The van der Waals surface area contributed by atoms with Crippen molar-refractivity contribution in [2.45, 2.75) is 25.3 Å². The van der Waals surface area contributed by atoms with Gasteiger partial charge in [-0.05, 0) is 50.7 Å². The van der Waals surface area contributed by atoms with Crippen molar-refractivity contribution in [1.29, 1.82) is 0 Å². The third kappa shape index (κ3) is 2.49. The lowest BCUT2D eigenvalue weighted by molar-refractivity contribution is -0.144. The van der Waals surface area contributed by atoms with Crippen LogP contribution in [0.2, 0.25) is 0 Å². The van der Waals surface area contributed by atoms with Crippen molar-refractivity contribution in [3.05, 3.63) is 0 Å². The van der Waals surface area contributed by atoms with Gasteiger partial charge in [-0.2, -0.15) is 0 Å². The molecule has 0 aromatic carbocycles. The Labute approximate surface area is 90.8 Å². The Kier molecular flexibility index (Phi) is 3.59. The number of esters is 1. The van der Waals surface area contributed by atoms with Gasteiger partial charge in [0.25, 0.3) is 0 Å². The summed E-state index contributed by atoms with van der Waals surface area (Å²) in [6.45, 7) is 3.21. The SMILES string of the molecule is COC(=O)C1CC(C2CCNC2)CCN1. The second-order valence-corrected chi connectivity index (χ2v) is 4.57. The maximum absolute atomic E-state index is 11.4. The summed E-state index contributed by atoms with van der Waals surface area (Å²) in [6, 6.07) is -0.0747. The first kappa shape index (κ1) is 10.9. The lowest BCUT2D eigenvalue weighted by Gasteiger charge is -2.32. The highest BCUT2D eigenvalue weighted by molar-refractivity contribution is 5.75. The van der Waals surface area contributed by atoms with Crippen molar-refractivity contribution in [3.63, 3.8) is 0 Å². The zero-order valence-corrected chi connectivity index (χ0v) is 9.29. The number of carbonyl (C=O) groups excluding carboxylic acids is 1. The molecule has 3 unspecified atom stereocenters. The minimum Gasteiger partial charge on any atom is -0.468 e. The molecular weight excluding hydrogens is 192 g/mol. The molecule has 15 heavy (non-hydrogen) atoms. The van der Waals surface area contributed by atoms with E-state index in [0.29, 0.717) is 5.92 Å². The molecular formula is C11H20N2O2. The third-order valence-corrected chi connectivity index (χ3v) is 3.70. The molecule has 4 heteroatoms. The summed E-state index contributed by atoms with van der Waals surface area (Å²) < 4.78 is 4.78. The molecule has 2 saturated heterocycles. The maximum Gasteiger partial charge on any atom is 0.322 e. The molecule has 0 aromatic rings. The van der Waals surface area contributed by atoms with Crippen LogP contribution < -0.4 is 10.6 Å². The average Bonchev–Trinajstić information content (AvgIpc) is 2.82. The van der Waals surface area contributed by atoms with E-state index in [2.05, 4.69) is 10.6 Å².